The van der Waals surface area contributed by atoms with Crippen LogP contribution in [0.5, 0.6) is 0 Å². The Balaban J connectivity index is 1.90. The van der Waals surface area contributed by atoms with Crippen LogP contribution in [0.4, 0.5) is 18.9 Å². The van der Waals surface area contributed by atoms with Crippen LogP contribution in [-0.2, 0) is 4.79 Å². The highest BCUT2D eigenvalue weighted by atomic mass is 19.4. The monoisotopic (exact) mass is 373 g/mol. The maximum atomic E-state index is 12.8. The standard InChI is InChI=1S/C19H14F3N3O2/c20-19(21,22)11-25-10-16(14-6-1-2-7-15(14)18(25)27)17(26)24-13-5-3-4-12(8-13)9-23/h1-8,16H,10-11H2,(H,24,26)/t16-/m0/s1. The Morgan fingerprint density at radius 3 is 2.67 bits per heavy atom. The first-order chi connectivity index (χ1) is 12.8. The zero-order valence-corrected chi connectivity index (χ0v) is 14.0. The van der Waals surface area contributed by atoms with Crippen LogP contribution in [0.2, 0.25) is 0 Å². The van der Waals surface area contributed by atoms with Gasteiger partial charge in [-0.3, -0.25) is 9.59 Å². The Bertz CT molecular complexity index is 934. The van der Waals surface area contributed by atoms with Crippen molar-refractivity contribution in [2.24, 2.45) is 0 Å². The summed E-state index contributed by atoms with van der Waals surface area (Å²) in [5.41, 5.74) is 1.16. The van der Waals surface area contributed by atoms with Gasteiger partial charge in [0.2, 0.25) is 5.91 Å². The van der Waals surface area contributed by atoms with Crippen molar-refractivity contribution in [1.29, 1.82) is 5.26 Å². The van der Waals surface area contributed by atoms with Crippen LogP contribution < -0.4 is 5.32 Å². The van der Waals surface area contributed by atoms with Gasteiger partial charge in [0.1, 0.15) is 6.54 Å². The maximum Gasteiger partial charge on any atom is 0.406 e. The van der Waals surface area contributed by atoms with Crippen molar-refractivity contribution >= 4 is 17.5 Å². The number of nitrogens with zero attached hydrogens (tertiary/aromatic N) is 2. The predicted molar refractivity (Wildman–Crippen MR) is 90.9 cm³/mol. The summed E-state index contributed by atoms with van der Waals surface area (Å²) in [5, 5.41) is 11.5. The van der Waals surface area contributed by atoms with Crippen molar-refractivity contribution in [3.8, 4) is 6.07 Å². The number of amides is 2. The van der Waals surface area contributed by atoms with Crippen molar-refractivity contribution in [3.05, 3.63) is 65.2 Å². The molecule has 0 saturated carbocycles. The third-order valence-electron chi connectivity index (χ3n) is 4.20. The first kappa shape index (κ1) is 18.5. The topological polar surface area (TPSA) is 73.2 Å². The molecule has 1 N–H and O–H groups in total. The van der Waals surface area contributed by atoms with Gasteiger partial charge in [-0.2, -0.15) is 18.4 Å². The van der Waals surface area contributed by atoms with E-state index in [9.17, 15) is 22.8 Å². The first-order valence-electron chi connectivity index (χ1n) is 8.04. The average Bonchev–Trinajstić information content (AvgIpc) is 2.63. The van der Waals surface area contributed by atoms with Gasteiger partial charge in [0.25, 0.3) is 5.91 Å². The molecule has 1 heterocycles. The van der Waals surface area contributed by atoms with Crippen molar-refractivity contribution in [1.82, 2.24) is 4.90 Å². The van der Waals surface area contributed by atoms with Crippen LogP contribution >= 0.6 is 0 Å². The van der Waals surface area contributed by atoms with Crippen LogP contribution in [0.3, 0.4) is 0 Å². The minimum absolute atomic E-state index is 0.0823. The lowest BCUT2D eigenvalue weighted by atomic mass is 9.88. The highest BCUT2D eigenvalue weighted by Crippen LogP contribution is 2.31. The minimum Gasteiger partial charge on any atom is -0.328 e. The van der Waals surface area contributed by atoms with E-state index in [-0.39, 0.29) is 12.1 Å². The molecule has 8 heteroatoms. The zero-order chi connectivity index (χ0) is 19.6. The van der Waals surface area contributed by atoms with E-state index in [2.05, 4.69) is 5.32 Å². The highest BCUT2D eigenvalue weighted by molar-refractivity contribution is 6.03. The Labute approximate surface area is 153 Å². The number of hydrogen-bond acceptors (Lipinski definition) is 3. The van der Waals surface area contributed by atoms with Gasteiger partial charge in [-0.15, -0.1) is 0 Å². The number of hydrogen-bond donors (Lipinski definition) is 1. The van der Waals surface area contributed by atoms with Crippen LogP contribution in [0.1, 0.15) is 27.4 Å². The molecular weight excluding hydrogens is 359 g/mol. The highest BCUT2D eigenvalue weighted by Gasteiger charge is 2.40. The zero-order valence-electron chi connectivity index (χ0n) is 14.0. The molecular formula is C19H14F3N3O2. The van der Waals surface area contributed by atoms with Crippen LogP contribution in [0.25, 0.3) is 0 Å². The van der Waals surface area contributed by atoms with Crippen molar-refractivity contribution in [3.63, 3.8) is 0 Å². The molecule has 3 rings (SSSR count). The number of benzene rings is 2. The number of carbonyl (C=O) groups excluding carboxylic acids is 2. The minimum atomic E-state index is -4.57. The van der Waals surface area contributed by atoms with Gasteiger partial charge in [0.15, 0.2) is 0 Å². The molecule has 2 aromatic carbocycles. The number of anilines is 1. The molecule has 0 aliphatic carbocycles. The molecule has 0 aromatic heterocycles. The summed E-state index contributed by atoms with van der Waals surface area (Å²) in [7, 11) is 0. The lowest BCUT2D eigenvalue weighted by Crippen LogP contribution is -2.47. The Morgan fingerprint density at radius 1 is 1.22 bits per heavy atom. The second kappa shape index (κ2) is 7.11. The fourth-order valence-corrected chi connectivity index (χ4v) is 3.04. The number of carbonyl (C=O) groups is 2. The second-order valence-corrected chi connectivity index (χ2v) is 6.12. The van der Waals surface area contributed by atoms with E-state index in [4.69, 9.17) is 5.26 Å². The molecule has 0 bridgehead atoms. The normalized spacial score (nSPS) is 16.4. The SMILES string of the molecule is N#Cc1cccc(NC(=O)[C@H]2CN(CC(F)(F)F)C(=O)c3ccccc32)c1. The van der Waals surface area contributed by atoms with E-state index < -0.39 is 30.5 Å². The van der Waals surface area contributed by atoms with E-state index >= 15 is 0 Å². The van der Waals surface area contributed by atoms with Gasteiger partial charge in [-0.25, -0.2) is 0 Å². The number of alkyl halides is 3. The summed E-state index contributed by atoms with van der Waals surface area (Å²) in [6.07, 6.45) is -4.57. The van der Waals surface area contributed by atoms with Gasteiger partial charge in [-0.05, 0) is 29.8 Å². The van der Waals surface area contributed by atoms with Gasteiger partial charge in [0, 0.05) is 17.8 Å². The van der Waals surface area contributed by atoms with E-state index in [0.717, 1.165) is 0 Å². The summed E-state index contributed by atoms with van der Waals surface area (Å²) >= 11 is 0. The molecule has 2 aromatic rings. The van der Waals surface area contributed by atoms with Gasteiger partial charge in [-0.1, -0.05) is 24.3 Å². The third kappa shape index (κ3) is 4.08. The molecule has 138 valence electrons. The van der Waals surface area contributed by atoms with Crippen LogP contribution in [0.15, 0.2) is 48.5 Å². The van der Waals surface area contributed by atoms with E-state index in [1.807, 2.05) is 6.07 Å². The largest absolute Gasteiger partial charge is 0.406 e. The fourth-order valence-electron chi connectivity index (χ4n) is 3.04. The number of rotatable bonds is 3. The molecule has 0 saturated heterocycles. The molecule has 5 nitrogen and oxygen atoms in total. The van der Waals surface area contributed by atoms with Crippen molar-refractivity contribution in [2.45, 2.75) is 12.1 Å². The van der Waals surface area contributed by atoms with E-state index in [0.29, 0.717) is 21.7 Å². The Hall–Kier alpha value is -3.34. The predicted octanol–water partition coefficient (Wildman–Crippen LogP) is 3.30. The second-order valence-electron chi connectivity index (χ2n) is 6.12. The molecule has 0 radical (unpaired) electrons. The average molecular weight is 373 g/mol. The molecule has 0 fully saturated rings. The Kier molecular flexibility index (Phi) is 4.86. The molecule has 1 aliphatic heterocycles. The number of fused-ring (bicyclic) bond motifs is 1. The lowest BCUT2D eigenvalue weighted by molar-refractivity contribution is -0.142. The molecule has 27 heavy (non-hydrogen) atoms. The Morgan fingerprint density at radius 2 is 1.96 bits per heavy atom. The van der Waals surface area contributed by atoms with Crippen molar-refractivity contribution in [2.75, 3.05) is 18.4 Å². The molecule has 0 spiro atoms. The first-order valence-corrected chi connectivity index (χ1v) is 8.04. The smallest absolute Gasteiger partial charge is 0.328 e. The van der Waals surface area contributed by atoms with Crippen LogP contribution in [-0.4, -0.2) is 36.0 Å². The number of nitriles is 1. The number of nitrogens with one attached hydrogen (secondary N) is 1. The fraction of sp³-hybridized carbons (Fsp3) is 0.211. The van der Waals surface area contributed by atoms with Crippen molar-refractivity contribution < 1.29 is 22.8 Å². The quantitative estimate of drug-likeness (QED) is 0.897. The lowest BCUT2D eigenvalue weighted by Gasteiger charge is -2.34. The third-order valence-corrected chi connectivity index (χ3v) is 4.20. The molecule has 1 aliphatic rings. The molecule has 2 amide bonds. The van der Waals surface area contributed by atoms with Gasteiger partial charge >= 0.3 is 6.18 Å². The molecule has 0 unspecified atom stereocenters. The molecule has 1 atom stereocenters. The summed E-state index contributed by atoms with van der Waals surface area (Å²) < 4.78 is 38.5. The van der Waals surface area contributed by atoms with E-state index in [1.165, 1.54) is 12.1 Å². The summed E-state index contributed by atoms with van der Waals surface area (Å²) in [6.45, 7) is -1.80. The summed E-state index contributed by atoms with van der Waals surface area (Å²) in [4.78, 5) is 25.7. The summed E-state index contributed by atoms with van der Waals surface area (Å²) in [5.74, 6) is -2.25. The number of halogens is 3. The maximum absolute atomic E-state index is 12.8. The van der Waals surface area contributed by atoms with Crippen LogP contribution in [0, 0.1) is 11.3 Å². The van der Waals surface area contributed by atoms with Gasteiger partial charge in [0.05, 0.1) is 17.6 Å². The van der Waals surface area contributed by atoms with E-state index in [1.54, 1.807) is 36.4 Å². The summed E-state index contributed by atoms with van der Waals surface area (Å²) in [6, 6.07) is 14.3. The van der Waals surface area contributed by atoms with Gasteiger partial charge < -0.3 is 10.2 Å².